The number of phenols is 1. The molecule has 16 heavy (non-hydrogen) atoms. The molecule has 0 saturated carbocycles. The van der Waals surface area contributed by atoms with Crippen LogP contribution in [0.5, 0.6) is 5.75 Å². The molecule has 0 aliphatic rings. The van der Waals surface area contributed by atoms with Gasteiger partial charge in [0.25, 0.3) is 0 Å². The van der Waals surface area contributed by atoms with Gasteiger partial charge in [-0.1, -0.05) is 17.3 Å². The highest BCUT2D eigenvalue weighted by molar-refractivity contribution is 5.75. The van der Waals surface area contributed by atoms with E-state index in [-0.39, 0.29) is 23.6 Å². The van der Waals surface area contributed by atoms with E-state index in [4.69, 9.17) is 5.11 Å². The van der Waals surface area contributed by atoms with Gasteiger partial charge in [0.1, 0.15) is 17.1 Å². The summed E-state index contributed by atoms with van der Waals surface area (Å²) >= 11 is 0. The van der Waals surface area contributed by atoms with Gasteiger partial charge in [-0.05, 0) is 17.3 Å². The second-order valence-electron chi connectivity index (χ2n) is 3.15. The molecule has 0 radical (unpaired) electrons. The summed E-state index contributed by atoms with van der Waals surface area (Å²) in [4.78, 5) is 10.6. The second-order valence-corrected chi connectivity index (χ2v) is 3.15. The third-order valence-corrected chi connectivity index (χ3v) is 2.03. The predicted octanol–water partition coefficient (Wildman–Crippen LogP) is 1.07. The Morgan fingerprint density at radius 1 is 1.31 bits per heavy atom. The van der Waals surface area contributed by atoms with E-state index in [1.807, 2.05) is 0 Å². The molecule has 2 aromatic rings. The fourth-order valence-electron chi connectivity index (χ4n) is 1.34. The van der Waals surface area contributed by atoms with Crippen LogP contribution in [0.1, 0.15) is 5.69 Å². The van der Waals surface area contributed by atoms with Crippen molar-refractivity contribution in [3.8, 4) is 17.0 Å². The first-order chi connectivity index (χ1) is 7.68. The number of carbonyl (C=O) groups is 1. The van der Waals surface area contributed by atoms with Crippen LogP contribution in [-0.4, -0.2) is 26.5 Å². The van der Waals surface area contributed by atoms with Gasteiger partial charge in [-0.15, -0.1) is 0 Å². The molecule has 0 bridgehead atoms. The van der Waals surface area contributed by atoms with Crippen molar-refractivity contribution in [2.45, 2.75) is 6.42 Å². The molecule has 0 atom stereocenters. The van der Waals surface area contributed by atoms with Crippen molar-refractivity contribution in [2.75, 3.05) is 0 Å². The van der Waals surface area contributed by atoms with Crippen molar-refractivity contribution < 1.29 is 19.6 Å². The fourth-order valence-corrected chi connectivity index (χ4v) is 1.34. The molecule has 0 unspecified atom stereocenters. The van der Waals surface area contributed by atoms with Crippen molar-refractivity contribution >= 4 is 5.97 Å². The first-order valence-corrected chi connectivity index (χ1v) is 4.50. The van der Waals surface area contributed by atoms with Crippen LogP contribution < -0.4 is 0 Å². The van der Waals surface area contributed by atoms with E-state index >= 15 is 0 Å². The summed E-state index contributed by atoms with van der Waals surface area (Å²) in [5.41, 5.74) is 0.842. The van der Waals surface area contributed by atoms with E-state index in [1.165, 1.54) is 6.07 Å². The molecule has 2 rings (SSSR count). The molecule has 0 aliphatic carbocycles. The smallest absolute Gasteiger partial charge is 0.309 e. The van der Waals surface area contributed by atoms with E-state index in [1.54, 1.807) is 18.2 Å². The molecular weight excluding hydrogens is 212 g/mol. The van der Waals surface area contributed by atoms with E-state index in [0.717, 1.165) is 0 Å². The molecule has 0 fully saturated rings. The monoisotopic (exact) mass is 220 g/mol. The third kappa shape index (κ3) is 1.85. The van der Waals surface area contributed by atoms with Crippen molar-refractivity contribution in [3.63, 3.8) is 0 Å². The number of phenolic OH excluding ortho intramolecular Hbond substituents is 1. The fraction of sp³-hybridized carbons (Fsp3) is 0.100. The topological polar surface area (TPSA) is 96.5 Å². The van der Waals surface area contributed by atoms with E-state index in [0.29, 0.717) is 5.56 Å². The largest absolute Gasteiger partial charge is 0.507 e. The number of carboxylic acid groups (broad SMARTS) is 1. The van der Waals surface area contributed by atoms with Gasteiger partial charge in [-0.2, -0.15) is 0 Å². The highest BCUT2D eigenvalue weighted by atomic mass is 16.6. The number of para-hydroxylation sites is 1. The minimum atomic E-state index is -1.03. The zero-order valence-electron chi connectivity index (χ0n) is 8.12. The van der Waals surface area contributed by atoms with Crippen LogP contribution in [0.2, 0.25) is 0 Å². The zero-order valence-corrected chi connectivity index (χ0v) is 8.12. The molecule has 1 aromatic carbocycles. The van der Waals surface area contributed by atoms with Crippen molar-refractivity contribution in [2.24, 2.45) is 0 Å². The van der Waals surface area contributed by atoms with Crippen molar-refractivity contribution in [1.82, 2.24) is 10.3 Å². The summed E-state index contributed by atoms with van der Waals surface area (Å²) in [7, 11) is 0. The van der Waals surface area contributed by atoms with Crippen LogP contribution in [-0.2, 0) is 11.2 Å². The Morgan fingerprint density at radius 2 is 2.06 bits per heavy atom. The Balaban J connectivity index is 2.45. The number of aliphatic carboxylic acids is 1. The van der Waals surface area contributed by atoms with Gasteiger partial charge in [-0.3, -0.25) is 4.79 Å². The Morgan fingerprint density at radius 3 is 2.75 bits per heavy atom. The van der Waals surface area contributed by atoms with Gasteiger partial charge in [-0.25, -0.2) is 4.63 Å². The highest BCUT2D eigenvalue weighted by Crippen LogP contribution is 2.29. The average molecular weight is 220 g/mol. The summed E-state index contributed by atoms with van der Waals surface area (Å²) in [6.45, 7) is 0. The molecular formula is C10H8N2O4. The summed E-state index contributed by atoms with van der Waals surface area (Å²) in [5, 5.41) is 25.3. The van der Waals surface area contributed by atoms with E-state index in [2.05, 4.69) is 14.9 Å². The molecule has 0 spiro atoms. The molecule has 1 heterocycles. The predicted molar refractivity (Wildman–Crippen MR) is 52.7 cm³/mol. The normalized spacial score (nSPS) is 10.2. The number of aromatic hydroxyl groups is 1. The molecule has 82 valence electrons. The van der Waals surface area contributed by atoms with Crippen LogP contribution in [0.4, 0.5) is 0 Å². The number of aromatic nitrogens is 2. The Hall–Kier alpha value is -2.37. The van der Waals surface area contributed by atoms with Gasteiger partial charge in [0, 0.05) is 5.56 Å². The van der Waals surface area contributed by atoms with E-state index in [9.17, 15) is 9.90 Å². The lowest BCUT2D eigenvalue weighted by Gasteiger charge is -2.00. The Bertz CT molecular complexity index is 521. The Kier molecular flexibility index (Phi) is 2.55. The highest BCUT2D eigenvalue weighted by Gasteiger charge is 2.17. The maximum atomic E-state index is 10.6. The van der Waals surface area contributed by atoms with Crippen LogP contribution in [0.3, 0.4) is 0 Å². The number of carboxylic acids is 1. The van der Waals surface area contributed by atoms with Gasteiger partial charge in [0.05, 0.1) is 6.42 Å². The first-order valence-electron chi connectivity index (χ1n) is 4.50. The first kappa shape index (κ1) is 10.2. The van der Waals surface area contributed by atoms with Gasteiger partial charge >= 0.3 is 5.97 Å². The Labute approximate surface area is 90.1 Å². The summed E-state index contributed by atoms with van der Waals surface area (Å²) < 4.78 is 4.48. The lowest BCUT2D eigenvalue weighted by Crippen LogP contribution is -2.01. The summed E-state index contributed by atoms with van der Waals surface area (Å²) in [6.07, 6.45) is -0.298. The summed E-state index contributed by atoms with van der Waals surface area (Å²) in [6, 6.07) is 6.45. The molecule has 1 aromatic heterocycles. The van der Waals surface area contributed by atoms with Crippen molar-refractivity contribution in [1.29, 1.82) is 0 Å². The molecule has 6 heteroatoms. The number of nitrogens with zero attached hydrogens (tertiary/aromatic N) is 2. The lowest BCUT2D eigenvalue weighted by molar-refractivity contribution is -0.136. The van der Waals surface area contributed by atoms with E-state index < -0.39 is 5.97 Å². The molecule has 0 aliphatic heterocycles. The molecule has 2 N–H and O–H groups in total. The van der Waals surface area contributed by atoms with Crippen LogP contribution >= 0.6 is 0 Å². The molecule has 0 amide bonds. The lowest BCUT2D eigenvalue weighted by atomic mass is 10.1. The molecule has 6 nitrogen and oxygen atoms in total. The van der Waals surface area contributed by atoms with Gasteiger partial charge < -0.3 is 10.2 Å². The minimum absolute atomic E-state index is 0.00448. The number of benzene rings is 1. The van der Waals surface area contributed by atoms with Crippen molar-refractivity contribution in [3.05, 3.63) is 30.0 Å². The third-order valence-electron chi connectivity index (χ3n) is 2.03. The quantitative estimate of drug-likeness (QED) is 0.803. The average Bonchev–Trinajstić information content (AvgIpc) is 2.66. The van der Waals surface area contributed by atoms with Gasteiger partial charge in [0.2, 0.25) is 0 Å². The number of hydrogen-bond acceptors (Lipinski definition) is 5. The summed E-state index contributed by atoms with van der Waals surface area (Å²) in [5.74, 6) is -1.03. The van der Waals surface area contributed by atoms with Crippen LogP contribution in [0, 0.1) is 0 Å². The van der Waals surface area contributed by atoms with Crippen LogP contribution in [0.15, 0.2) is 28.9 Å². The second kappa shape index (κ2) is 4.01. The standard InChI is InChI=1S/C10H8N2O4/c13-8-4-2-1-3-6(8)10-7(5-9(14)15)11-16-12-10/h1-4,13H,5H2,(H,14,15). The minimum Gasteiger partial charge on any atom is -0.507 e. The number of rotatable bonds is 3. The molecule has 0 saturated heterocycles. The maximum absolute atomic E-state index is 10.6. The maximum Gasteiger partial charge on any atom is 0.309 e. The SMILES string of the molecule is O=C(O)Cc1nonc1-c1ccccc1O. The van der Waals surface area contributed by atoms with Crippen LogP contribution in [0.25, 0.3) is 11.3 Å². The number of hydrogen-bond donors (Lipinski definition) is 2. The zero-order chi connectivity index (χ0) is 11.5. The van der Waals surface area contributed by atoms with Gasteiger partial charge in [0.15, 0.2) is 0 Å².